The maximum absolute atomic E-state index is 11.0. The highest BCUT2D eigenvalue weighted by molar-refractivity contribution is 5.63. The van der Waals surface area contributed by atoms with Crippen LogP contribution in [0, 0.1) is 23.0 Å². The van der Waals surface area contributed by atoms with Gasteiger partial charge >= 0.3 is 0 Å². The molecule has 2 atom stereocenters. The molecule has 98 valence electrons. The van der Waals surface area contributed by atoms with Crippen LogP contribution in [-0.2, 0) is 0 Å². The SMILES string of the molecule is Cc1ccc([N+](=O)[O-])c(NC2CCCCC2C)c1. The first kappa shape index (κ1) is 12.9. The van der Waals surface area contributed by atoms with Crippen LogP contribution in [0.2, 0.25) is 0 Å². The van der Waals surface area contributed by atoms with Crippen LogP contribution in [0.3, 0.4) is 0 Å². The summed E-state index contributed by atoms with van der Waals surface area (Å²) in [6, 6.07) is 5.61. The lowest BCUT2D eigenvalue weighted by Crippen LogP contribution is -2.30. The van der Waals surface area contributed by atoms with E-state index >= 15 is 0 Å². The molecule has 0 radical (unpaired) electrons. The zero-order valence-electron chi connectivity index (χ0n) is 11.0. The maximum atomic E-state index is 11.0. The van der Waals surface area contributed by atoms with Crippen molar-refractivity contribution in [3.05, 3.63) is 33.9 Å². The number of anilines is 1. The van der Waals surface area contributed by atoms with Crippen LogP contribution in [0.4, 0.5) is 11.4 Å². The molecule has 0 bridgehead atoms. The molecule has 2 rings (SSSR count). The first-order valence-corrected chi connectivity index (χ1v) is 6.59. The van der Waals surface area contributed by atoms with Crippen LogP contribution in [0.1, 0.15) is 38.2 Å². The zero-order chi connectivity index (χ0) is 13.1. The Hall–Kier alpha value is -1.58. The average Bonchev–Trinajstić information content (AvgIpc) is 2.32. The number of nitrogens with one attached hydrogen (secondary N) is 1. The molecule has 0 saturated heterocycles. The summed E-state index contributed by atoms with van der Waals surface area (Å²) in [4.78, 5) is 10.7. The molecule has 1 saturated carbocycles. The van der Waals surface area contributed by atoms with Crippen molar-refractivity contribution in [1.29, 1.82) is 0 Å². The van der Waals surface area contributed by atoms with Gasteiger partial charge in [0.2, 0.25) is 0 Å². The number of hydrogen-bond donors (Lipinski definition) is 1. The van der Waals surface area contributed by atoms with Gasteiger partial charge in [-0.2, -0.15) is 0 Å². The molecule has 1 aromatic carbocycles. The third-order valence-electron chi connectivity index (χ3n) is 3.80. The van der Waals surface area contributed by atoms with Crippen LogP contribution in [0.5, 0.6) is 0 Å². The van der Waals surface area contributed by atoms with Crippen molar-refractivity contribution in [2.24, 2.45) is 5.92 Å². The highest BCUT2D eigenvalue weighted by Crippen LogP contribution is 2.31. The van der Waals surface area contributed by atoms with Crippen LogP contribution < -0.4 is 5.32 Å². The van der Waals surface area contributed by atoms with Crippen molar-refractivity contribution in [3.63, 3.8) is 0 Å². The molecule has 1 aliphatic rings. The van der Waals surface area contributed by atoms with E-state index in [0.29, 0.717) is 17.6 Å². The number of rotatable bonds is 3. The molecule has 0 aliphatic heterocycles. The van der Waals surface area contributed by atoms with E-state index in [1.54, 1.807) is 12.1 Å². The molecule has 1 aromatic rings. The van der Waals surface area contributed by atoms with Gasteiger partial charge in [-0.1, -0.05) is 25.8 Å². The van der Waals surface area contributed by atoms with Gasteiger partial charge < -0.3 is 5.32 Å². The molecule has 0 aromatic heterocycles. The van der Waals surface area contributed by atoms with Crippen LogP contribution in [-0.4, -0.2) is 11.0 Å². The van der Waals surface area contributed by atoms with E-state index in [0.717, 1.165) is 12.0 Å². The molecular weight excluding hydrogens is 228 g/mol. The standard InChI is InChI=1S/C14H20N2O2/c1-10-7-8-14(16(17)18)13(9-10)15-12-6-4-3-5-11(12)2/h7-9,11-12,15H,3-6H2,1-2H3. The molecule has 18 heavy (non-hydrogen) atoms. The summed E-state index contributed by atoms with van der Waals surface area (Å²) in [6.45, 7) is 4.18. The first-order chi connectivity index (χ1) is 8.58. The Balaban J connectivity index is 2.21. The largest absolute Gasteiger partial charge is 0.376 e. The fourth-order valence-electron chi connectivity index (χ4n) is 2.66. The molecule has 1 N–H and O–H groups in total. The van der Waals surface area contributed by atoms with Crippen LogP contribution in [0.15, 0.2) is 18.2 Å². The topological polar surface area (TPSA) is 55.2 Å². The van der Waals surface area contributed by atoms with E-state index in [1.807, 2.05) is 13.0 Å². The van der Waals surface area contributed by atoms with E-state index in [1.165, 1.54) is 19.3 Å². The Kier molecular flexibility index (Phi) is 3.84. The fourth-order valence-corrected chi connectivity index (χ4v) is 2.66. The average molecular weight is 248 g/mol. The lowest BCUT2D eigenvalue weighted by molar-refractivity contribution is -0.384. The number of nitro benzene ring substituents is 1. The summed E-state index contributed by atoms with van der Waals surface area (Å²) >= 11 is 0. The molecule has 4 nitrogen and oxygen atoms in total. The van der Waals surface area contributed by atoms with Gasteiger partial charge in [0.1, 0.15) is 5.69 Å². The van der Waals surface area contributed by atoms with Crippen molar-refractivity contribution >= 4 is 11.4 Å². The van der Waals surface area contributed by atoms with Gasteiger partial charge in [-0.3, -0.25) is 10.1 Å². The minimum Gasteiger partial charge on any atom is -0.376 e. The smallest absolute Gasteiger partial charge is 0.292 e. The molecule has 4 heteroatoms. The molecule has 2 unspecified atom stereocenters. The van der Waals surface area contributed by atoms with Gasteiger partial charge in [-0.25, -0.2) is 0 Å². The lowest BCUT2D eigenvalue weighted by atomic mass is 9.86. The van der Waals surface area contributed by atoms with Crippen molar-refractivity contribution in [1.82, 2.24) is 0 Å². The van der Waals surface area contributed by atoms with Gasteiger partial charge in [-0.15, -0.1) is 0 Å². The quantitative estimate of drug-likeness (QED) is 0.652. The lowest BCUT2D eigenvalue weighted by Gasteiger charge is -2.30. The van der Waals surface area contributed by atoms with E-state index in [4.69, 9.17) is 0 Å². The predicted octanol–water partition coefficient (Wildman–Crippen LogP) is 3.89. The van der Waals surface area contributed by atoms with Gasteiger partial charge in [0.05, 0.1) is 4.92 Å². The number of aryl methyl sites for hydroxylation is 1. The number of nitrogens with zero attached hydrogens (tertiary/aromatic N) is 1. The van der Waals surface area contributed by atoms with Gasteiger partial charge in [0, 0.05) is 12.1 Å². The monoisotopic (exact) mass is 248 g/mol. The van der Waals surface area contributed by atoms with E-state index in [-0.39, 0.29) is 10.6 Å². The van der Waals surface area contributed by atoms with Crippen molar-refractivity contribution in [3.8, 4) is 0 Å². The summed E-state index contributed by atoms with van der Waals surface area (Å²) in [6.07, 6.45) is 4.79. The highest BCUT2D eigenvalue weighted by atomic mass is 16.6. The third kappa shape index (κ3) is 2.81. The van der Waals surface area contributed by atoms with E-state index < -0.39 is 0 Å². The summed E-state index contributed by atoms with van der Waals surface area (Å²) in [7, 11) is 0. The summed E-state index contributed by atoms with van der Waals surface area (Å²) < 4.78 is 0. The highest BCUT2D eigenvalue weighted by Gasteiger charge is 2.23. The van der Waals surface area contributed by atoms with Gasteiger partial charge in [-0.05, 0) is 37.3 Å². The Morgan fingerprint density at radius 1 is 1.33 bits per heavy atom. The summed E-state index contributed by atoms with van der Waals surface area (Å²) in [5.41, 5.74) is 1.89. The Morgan fingerprint density at radius 3 is 2.72 bits per heavy atom. The molecule has 1 fully saturated rings. The second-order valence-corrected chi connectivity index (χ2v) is 5.29. The second kappa shape index (κ2) is 5.38. The second-order valence-electron chi connectivity index (χ2n) is 5.29. The number of nitro groups is 1. The maximum Gasteiger partial charge on any atom is 0.292 e. The van der Waals surface area contributed by atoms with Gasteiger partial charge in [0.25, 0.3) is 5.69 Å². The zero-order valence-corrected chi connectivity index (χ0v) is 11.0. The van der Waals surface area contributed by atoms with Crippen LogP contribution >= 0.6 is 0 Å². The summed E-state index contributed by atoms with van der Waals surface area (Å²) in [5.74, 6) is 0.582. The molecular formula is C14H20N2O2. The van der Waals surface area contributed by atoms with E-state index in [9.17, 15) is 10.1 Å². The predicted molar refractivity (Wildman–Crippen MR) is 72.9 cm³/mol. The fraction of sp³-hybridized carbons (Fsp3) is 0.571. The Bertz CT molecular complexity index is 445. The number of benzene rings is 1. The van der Waals surface area contributed by atoms with E-state index in [2.05, 4.69) is 12.2 Å². The minimum atomic E-state index is -0.310. The number of hydrogen-bond acceptors (Lipinski definition) is 3. The van der Waals surface area contributed by atoms with Crippen molar-refractivity contribution < 1.29 is 4.92 Å². The van der Waals surface area contributed by atoms with Gasteiger partial charge in [0.15, 0.2) is 0 Å². The molecule has 0 heterocycles. The molecule has 0 amide bonds. The Labute approximate surface area is 108 Å². The Morgan fingerprint density at radius 2 is 2.06 bits per heavy atom. The molecule has 1 aliphatic carbocycles. The minimum absolute atomic E-state index is 0.179. The third-order valence-corrected chi connectivity index (χ3v) is 3.80. The molecule has 0 spiro atoms. The summed E-state index contributed by atoms with van der Waals surface area (Å²) in [5, 5.41) is 14.4. The first-order valence-electron chi connectivity index (χ1n) is 6.59. The van der Waals surface area contributed by atoms with Crippen molar-refractivity contribution in [2.45, 2.75) is 45.6 Å². The van der Waals surface area contributed by atoms with Crippen molar-refractivity contribution in [2.75, 3.05) is 5.32 Å². The normalized spacial score (nSPS) is 23.7. The van der Waals surface area contributed by atoms with Crippen LogP contribution in [0.25, 0.3) is 0 Å².